The van der Waals surface area contributed by atoms with Gasteiger partial charge in [0.1, 0.15) is 0 Å². The number of anilines is 2. The standard InChI is InChI=1S/C20H29N5O2S/c1-4-15(3)16-6-8-17(9-7-16)21-18(26)14-28-20-23-22-19(25(20)5-2)24-10-12-27-13-11-24/h6-9,15H,4-5,10-14H2,1-3H3,(H,21,26)/t15-/m1/s1. The second kappa shape index (κ2) is 9.93. The quantitative estimate of drug-likeness (QED) is 0.681. The molecule has 152 valence electrons. The Bertz CT molecular complexity index is 771. The van der Waals surface area contributed by atoms with Gasteiger partial charge in [-0.05, 0) is 37.0 Å². The molecule has 1 aromatic heterocycles. The zero-order valence-electron chi connectivity index (χ0n) is 16.9. The highest BCUT2D eigenvalue weighted by Gasteiger charge is 2.20. The summed E-state index contributed by atoms with van der Waals surface area (Å²) in [4.78, 5) is 14.5. The van der Waals surface area contributed by atoms with Crippen molar-refractivity contribution in [1.29, 1.82) is 0 Å². The van der Waals surface area contributed by atoms with Crippen LogP contribution < -0.4 is 10.2 Å². The van der Waals surface area contributed by atoms with E-state index in [1.54, 1.807) is 0 Å². The number of hydrogen-bond acceptors (Lipinski definition) is 6. The number of carbonyl (C=O) groups is 1. The summed E-state index contributed by atoms with van der Waals surface area (Å²) in [6, 6.07) is 8.10. The molecule has 8 heteroatoms. The van der Waals surface area contributed by atoms with E-state index < -0.39 is 0 Å². The summed E-state index contributed by atoms with van der Waals surface area (Å²) >= 11 is 1.41. The number of nitrogens with one attached hydrogen (secondary N) is 1. The first kappa shape index (κ1) is 20.7. The molecular weight excluding hydrogens is 374 g/mol. The molecule has 1 fully saturated rings. The van der Waals surface area contributed by atoms with Gasteiger partial charge in [-0.1, -0.05) is 37.7 Å². The molecule has 1 N–H and O–H groups in total. The van der Waals surface area contributed by atoms with Crippen LogP contribution in [0.5, 0.6) is 0 Å². The van der Waals surface area contributed by atoms with Crippen LogP contribution in [0.4, 0.5) is 11.6 Å². The van der Waals surface area contributed by atoms with E-state index >= 15 is 0 Å². The Morgan fingerprint density at radius 1 is 1.21 bits per heavy atom. The fraction of sp³-hybridized carbons (Fsp3) is 0.550. The van der Waals surface area contributed by atoms with Gasteiger partial charge in [-0.15, -0.1) is 10.2 Å². The molecule has 1 aromatic carbocycles. The summed E-state index contributed by atoms with van der Waals surface area (Å²) in [6.07, 6.45) is 1.10. The maximum Gasteiger partial charge on any atom is 0.234 e. The number of aromatic nitrogens is 3. The number of carbonyl (C=O) groups excluding carboxylic acids is 1. The van der Waals surface area contributed by atoms with Crippen molar-refractivity contribution in [2.24, 2.45) is 0 Å². The lowest BCUT2D eigenvalue weighted by molar-refractivity contribution is -0.113. The van der Waals surface area contributed by atoms with Gasteiger partial charge in [0.05, 0.1) is 19.0 Å². The van der Waals surface area contributed by atoms with Gasteiger partial charge in [-0.3, -0.25) is 9.36 Å². The Morgan fingerprint density at radius 3 is 2.57 bits per heavy atom. The number of benzene rings is 1. The lowest BCUT2D eigenvalue weighted by Gasteiger charge is -2.27. The van der Waals surface area contributed by atoms with Crippen LogP contribution in [0, 0.1) is 0 Å². The van der Waals surface area contributed by atoms with Gasteiger partial charge < -0.3 is 15.0 Å². The molecule has 1 atom stereocenters. The van der Waals surface area contributed by atoms with Gasteiger partial charge in [-0.2, -0.15) is 0 Å². The van der Waals surface area contributed by atoms with Crippen LogP contribution in [0.2, 0.25) is 0 Å². The number of thioether (sulfide) groups is 1. The van der Waals surface area contributed by atoms with Crippen molar-refractivity contribution >= 4 is 29.3 Å². The SMILES string of the molecule is CC[C@@H](C)c1ccc(NC(=O)CSc2nnc(N3CCOCC3)n2CC)cc1. The van der Waals surface area contributed by atoms with Crippen LogP contribution >= 0.6 is 11.8 Å². The van der Waals surface area contributed by atoms with Crippen LogP contribution in [-0.2, 0) is 16.1 Å². The van der Waals surface area contributed by atoms with Gasteiger partial charge in [0.15, 0.2) is 5.16 Å². The van der Waals surface area contributed by atoms with Gasteiger partial charge >= 0.3 is 0 Å². The van der Waals surface area contributed by atoms with E-state index in [-0.39, 0.29) is 5.91 Å². The summed E-state index contributed by atoms with van der Waals surface area (Å²) in [7, 11) is 0. The predicted octanol–water partition coefficient (Wildman–Crippen LogP) is 3.38. The van der Waals surface area contributed by atoms with Crippen molar-refractivity contribution in [2.45, 2.75) is 44.8 Å². The lowest BCUT2D eigenvalue weighted by atomic mass is 9.99. The number of hydrogen-bond donors (Lipinski definition) is 1. The second-order valence-electron chi connectivity index (χ2n) is 6.89. The van der Waals surface area contributed by atoms with Crippen molar-refractivity contribution in [2.75, 3.05) is 42.3 Å². The molecule has 3 rings (SSSR count). The van der Waals surface area contributed by atoms with Crippen molar-refractivity contribution in [1.82, 2.24) is 14.8 Å². The highest BCUT2D eigenvalue weighted by atomic mass is 32.2. The van der Waals surface area contributed by atoms with E-state index in [0.29, 0.717) is 24.9 Å². The molecule has 28 heavy (non-hydrogen) atoms. The Balaban J connectivity index is 1.56. The Hall–Kier alpha value is -2.06. The van der Waals surface area contributed by atoms with Crippen molar-refractivity contribution in [3.05, 3.63) is 29.8 Å². The molecular formula is C20H29N5O2S. The van der Waals surface area contributed by atoms with Crippen molar-refractivity contribution in [3.63, 3.8) is 0 Å². The van der Waals surface area contributed by atoms with E-state index in [1.807, 2.05) is 12.1 Å². The van der Waals surface area contributed by atoms with E-state index in [9.17, 15) is 4.79 Å². The van der Waals surface area contributed by atoms with Crippen molar-refractivity contribution < 1.29 is 9.53 Å². The van der Waals surface area contributed by atoms with E-state index in [0.717, 1.165) is 42.8 Å². The zero-order valence-corrected chi connectivity index (χ0v) is 17.7. The van der Waals surface area contributed by atoms with Crippen LogP contribution in [-0.4, -0.2) is 52.7 Å². The third-order valence-electron chi connectivity index (χ3n) is 5.02. The van der Waals surface area contributed by atoms with Gasteiger partial charge in [0.2, 0.25) is 11.9 Å². The first-order valence-corrected chi connectivity index (χ1v) is 10.9. The van der Waals surface area contributed by atoms with Crippen LogP contribution in [0.3, 0.4) is 0 Å². The maximum absolute atomic E-state index is 12.4. The summed E-state index contributed by atoms with van der Waals surface area (Å²) in [6.45, 7) is 10.3. The minimum atomic E-state index is -0.0418. The van der Waals surface area contributed by atoms with Gasteiger partial charge in [-0.25, -0.2) is 0 Å². The highest BCUT2D eigenvalue weighted by molar-refractivity contribution is 7.99. The largest absolute Gasteiger partial charge is 0.378 e. The lowest BCUT2D eigenvalue weighted by Crippen LogP contribution is -2.38. The Labute approximate surface area is 170 Å². The van der Waals surface area contributed by atoms with Crippen LogP contribution in [0.25, 0.3) is 0 Å². The number of ether oxygens (including phenoxy) is 1. The first-order chi connectivity index (χ1) is 13.6. The molecule has 7 nitrogen and oxygen atoms in total. The predicted molar refractivity (Wildman–Crippen MR) is 113 cm³/mol. The molecule has 0 saturated carbocycles. The van der Waals surface area contributed by atoms with E-state index in [4.69, 9.17) is 4.74 Å². The molecule has 1 amide bonds. The topological polar surface area (TPSA) is 72.3 Å². The minimum Gasteiger partial charge on any atom is -0.378 e. The minimum absolute atomic E-state index is 0.0418. The number of amides is 1. The molecule has 1 aliphatic heterocycles. The fourth-order valence-corrected chi connectivity index (χ4v) is 3.92. The number of rotatable bonds is 8. The molecule has 0 bridgehead atoms. The third-order valence-corrected chi connectivity index (χ3v) is 5.98. The average Bonchev–Trinajstić information content (AvgIpc) is 3.16. The van der Waals surface area contributed by atoms with Gasteiger partial charge in [0, 0.05) is 25.3 Å². The number of morpholine rings is 1. The molecule has 0 aliphatic carbocycles. The first-order valence-electron chi connectivity index (χ1n) is 9.90. The smallest absolute Gasteiger partial charge is 0.234 e. The van der Waals surface area contributed by atoms with Crippen molar-refractivity contribution in [3.8, 4) is 0 Å². The van der Waals surface area contributed by atoms with Crippen LogP contribution in [0.15, 0.2) is 29.4 Å². The molecule has 0 unspecified atom stereocenters. The maximum atomic E-state index is 12.4. The van der Waals surface area contributed by atoms with Gasteiger partial charge in [0.25, 0.3) is 0 Å². The second-order valence-corrected chi connectivity index (χ2v) is 7.84. The average molecular weight is 404 g/mol. The molecule has 2 heterocycles. The Kier molecular flexibility index (Phi) is 7.33. The van der Waals surface area contributed by atoms with Crippen LogP contribution in [0.1, 0.15) is 38.7 Å². The summed E-state index contributed by atoms with van der Waals surface area (Å²) in [5.41, 5.74) is 2.12. The summed E-state index contributed by atoms with van der Waals surface area (Å²) in [5.74, 6) is 1.64. The molecule has 1 aliphatic rings. The van der Waals surface area contributed by atoms with E-state index in [1.165, 1.54) is 17.3 Å². The molecule has 1 saturated heterocycles. The van der Waals surface area contributed by atoms with E-state index in [2.05, 4.69) is 57.9 Å². The summed E-state index contributed by atoms with van der Waals surface area (Å²) in [5, 5.41) is 12.4. The molecule has 0 spiro atoms. The summed E-state index contributed by atoms with van der Waals surface area (Å²) < 4.78 is 7.47. The third kappa shape index (κ3) is 5.05. The fourth-order valence-electron chi connectivity index (χ4n) is 3.12. The number of nitrogens with zero attached hydrogens (tertiary/aromatic N) is 4. The normalized spacial score (nSPS) is 15.5. The molecule has 2 aromatic rings. The Morgan fingerprint density at radius 2 is 1.93 bits per heavy atom. The highest BCUT2D eigenvalue weighted by Crippen LogP contribution is 2.24. The monoisotopic (exact) mass is 403 g/mol. The zero-order chi connectivity index (χ0) is 19.9. The molecule has 0 radical (unpaired) electrons.